The lowest BCUT2D eigenvalue weighted by Crippen LogP contribution is -2.44. The molecule has 0 bridgehead atoms. The van der Waals surface area contributed by atoms with Crippen molar-refractivity contribution in [3.05, 3.63) is 53.6 Å². The fourth-order valence-corrected chi connectivity index (χ4v) is 5.16. The van der Waals surface area contributed by atoms with Crippen LogP contribution in [0.25, 0.3) is 0 Å². The van der Waals surface area contributed by atoms with Crippen LogP contribution in [0.4, 0.5) is 0 Å². The molecule has 142 valence electrons. The highest BCUT2D eigenvalue weighted by Gasteiger charge is 2.32. The van der Waals surface area contributed by atoms with E-state index in [9.17, 15) is 4.79 Å². The minimum atomic E-state index is 0.312. The Bertz CT molecular complexity index is 798. The average molecular weight is 364 g/mol. The van der Waals surface area contributed by atoms with Crippen LogP contribution in [0.3, 0.4) is 0 Å². The number of carbonyl (C=O) groups is 1. The zero-order valence-corrected chi connectivity index (χ0v) is 15.9. The highest BCUT2D eigenvalue weighted by molar-refractivity contribution is 5.76. The number of rotatable bonds is 4. The van der Waals surface area contributed by atoms with E-state index in [0.29, 0.717) is 30.8 Å². The van der Waals surface area contributed by atoms with Crippen molar-refractivity contribution in [1.29, 1.82) is 0 Å². The van der Waals surface area contributed by atoms with Crippen LogP contribution >= 0.6 is 0 Å². The molecular weight excluding hydrogens is 336 g/mol. The maximum atomic E-state index is 13.1. The van der Waals surface area contributed by atoms with Gasteiger partial charge in [0.05, 0.1) is 24.6 Å². The smallest absolute Gasteiger partial charge is 0.223 e. The Labute approximate surface area is 161 Å². The van der Waals surface area contributed by atoms with Gasteiger partial charge in [0.2, 0.25) is 5.91 Å². The van der Waals surface area contributed by atoms with E-state index in [1.807, 2.05) is 12.5 Å². The molecule has 1 saturated heterocycles. The van der Waals surface area contributed by atoms with E-state index < -0.39 is 0 Å². The van der Waals surface area contributed by atoms with E-state index in [1.165, 1.54) is 42.8 Å². The number of carbonyl (C=O) groups excluding carboxylic acids is 1. The maximum Gasteiger partial charge on any atom is 0.223 e. The molecule has 27 heavy (non-hydrogen) atoms. The van der Waals surface area contributed by atoms with E-state index in [0.717, 1.165) is 25.9 Å². The van der Waals surface area contributed by atoms with Crippen LogP contribution in [0.2, 0.25) is 0 Å². The molecule has 1 aromatic heterocycles. The van der Waals surface area contributed by atoms with Gasteiger partial charge in [0.25, 0.3) is 0 Å². The SMILES string of the molecule is O=C(CC1Cc2ccccc2C1)N1Cc2cncn2C(CN2CCCC2)C1. The second-order valence-corrected chi connectivity index (χ2v) is 8.48. The molecule has 3 aliphatic rings. The van der Waals surface area contributed by atoms with Gasteiger partial charge in [-0.3, -0.25) is 4.79 Å². The van der Waals surface area contributed by atoms with Crippen LogP contribution in [-0.4, -0.2) is 51.4 Å². The van der Waals surface area contributed by atoms with E-state index in [1.54, 1.807) is 0 Å². The van der Waals surface area contributed by atoms with Crippen molar-refractivity contribution < 1.29 is 4.79 Å². The van der Waals surface area contributed by atoms with Gasteiger partial charge in [0.15, 0.2) is 0 Å². The Morgan fingerprint density at radius 1 is 1.11 bits per heavy atom. The van der Waals surface area contributed by atoms with Crippen molar-refractivity contribution in [3.8, 4) is 0 Å². The van der Waals surface area contributed by atoms with Gasteiger partial charge in [-0.05, 0) is 55.8 Å². The minimum absolute atomic E-state index is 0.312. The zero-order chi connectivity index (χ0) is 18.2. The molecule has 1 aromatic carbocycles. The lowest BCUT2D eigenvalue weighted by molar-refractivity contribution is -0.134. The average Bonchev–Trinajstić information content (AvgIpc) is 3.41. The van der Waals surface area contributed by atoms with Crippen molar-refractivity contribution in [3.63, 3.8) is 0 Å². The highest BCUT2D eigenvalue weighted by Crippen LogP contribution is 2.30. The fourth-order valence-electron chi connectivity index (χ4n) is 5.16. The van der Waals surface area contributed by atoms with Crippen LogP contribution in [-0.2, 0) is 24.2 Å². The van der Waals surface area contributed by atoms with Gasteiger partial charge in [-0.15, -0.1) is 0 Å². The quantitative estimate of drug-likeness (QED) is 0.838. The summed E-state index contributed by atoms with van der Waals surface area (Å²) in [4.78, 5) is 22.1. The molecule has 5 nitrogen and oxygen atoms in total. The minimum Gasteiger partial charge on any atom is -0.335 e. The predicted octanol–water partition coefficient (Wildman–Crippen LogP) is 2.67. The van der Waals surface area contributed by atoms with Gasteiger partial charge in [0.1, 0.15) is 0 Å². The fraction of sp³-hybridized carbons (Fsp3) is 0.545. The predicted molar refractivity (Wildman–Crippen MR) is 104 cm³/mol. The second kappa shape index (κ2) is 7.12. The molecule has 0 spiro atoms. The van der Waals surface area contributed by atoms with Crippen LogP contribution in [0.5, 0.6) is 0 Å². The highest BCUT2D eigenvalue weighted by atomic mass is 16.2. The number of aromatic nitrogens is 2. The van der Waals surface area contributed by atoms with E-state index in [4.69, 9.17) is 0 Å². The summed E-state index contributed by atoms with van der Waals surface area (Å²) >= 11 is 0. The first-order chi connectivity index (χ1) is 13.3. The Kier molecular flexibility index (Phi) is 4.48. The first-order valence-corrected chi connectivity index (χ1v) is 10.3. The summed E-state index contributed by atoms with van der Waals surface area (Å²) in [5.41, 5.74) is 4.03. The van der Waals surface area contributed by atoms with E-state index in [-0.39, 0.29) is 0 Å². The van der Waals surface area contributed by atoms with E-state index >= 15 is 0 Å². The van der Waals surface area contributed by atoms with Crippen LogP contribution in [0.1, 0.15) is 42.1 Å². The zero-order valence-electron chi connectivity index (χ0n) is 15.9. The van der Waals surface area contributed by atoms with Gasteiger partial charge in [0, 0.05) is 25.7 Å². The first kappa shape index (κ1) is 17.0. The Hall–Kier alpha value is -2.14. The Morgan fingerprint density at radius 2 is 1.85 bits per heavy atom. The number of hydrogen-bond acceptors (Lipinski definition) is 3. The van der Waals surface area contributed by atoms with Gasteiger partial charge < -0.3 is 14.4 Å². The monoisotopic (exact) mass is 364 g/mol. The summed E-state index contributed by atoms with van der Waals surface area (Å²) in [6.45, 7) is 4.93. The van der Waals surface area contributed by atoms with Gasteiger partial charge in [-0.2, -0.15) is 0 Å². The lowest BCUT2D eigenvalue weighted by atomic mass is 10.0. The molecule has 5 rings (SSSR count). The van der Waals surface area contributed by atoms with Crippen LogP contribution in [0, 0.1) is 5.92 Å². The second-order valence-electron chi connectivity index (χ2n) is 8.48. The molecule has 1 aliphatic carbocycles. The molecule has 2 aliphatic heterocycles. The molecule has 1 unspecified atom stereocenters. The van der Waals surface area contributed by atoms with Gasteiger partial charge >= 0.3 is 0 Å². The lowest BCUT2D eigenvalue weighted by Gasteiger charge is -2.36. The van der Waals surface area contributed by atoms with Crippen LogP contribution < -0.4 is 0 Å². The molecule has 1 amide bonds. The van der Waals surface area contributed by atoms with Crippen molar-refractivity contribution in [2.45, 2.75) is 44.7 Å². The number of fused-ring (bicyclic) bond motifs is 2. The number of benzene rings is 1. The van der Waals surface area contributed by atoms with E-state index in [2.05, 4.69) is 43.6 Å². The van der Waals surface area contributed by atoms with Crippen molar-refractivity contribution in [2.75, 3.05) is 26.2 Å². The molecule has 0 N–H and O–H groups in total. The topological polar surface area (TPSA) is 41.4 Å². The summed E-state index contributed by atoms with van der Waals surface area (Å²) in [6, 6.07) is 8.98. The van der Waals surface area contributed by atoms with Crippen molar-refractivity contribution in [2.24, 2.45) is 5.92 Å². The molecular formula is C22H28N4O. The maximum absolute atomic E-state index is 13.1. The summed E-state index contributed by atoms with van der Waals surface area (Å²) in [5, 5.41) is 0. The standard InChI is InChI=1S/C22H28N4O/c27-22(11-17-9-18-5-1-2-6-19(18)10-17)25-14-20-12-23-16-26(20)21(15-25)13-24-7-3-4-8-24/h1-2,5-6,12,16-17,21H,3-4,7-11,13-15H2. The molecule has 5 heteroatoms. The Balaban J connectivity index is 1.26. The molecule has 0 radical (unpaired) electrons. The Morgan fingerprint density at radius 3 is 2.59 bits per heavy atom. The van der Waals surface area contributed by atoms with Crippen molar-refractivity contribution in [1.82, 2.24) is 19.4 Å². The first-order valence-electron chi connectivity index (χ1n) is 10.3. The summed E-state index contributed by atoms with van der Waals surface area (Å²) < 4.78 is 2.30. The summed E-state index contributed by atoms with van der Waals surface area (Å²) in [7, 11) is 0. The normalized spacial score (nSPS) is 22.8. The third-order valence-corrected chi connectivity index (χ3v) is 6.54. The molecule has 2 aromatic rings. The summed E-state index contributed by atoms with van der Waals surface area (Å²) in [6.07, 6.45) is 9.24. The molecule has 0 saturated carbocycles. The summed E-state index contributed by atoms with van der Waals surface area (Å²) in [5.74, 6) is 0.769. The van der Waals surface area contributed by atoms with Crippen molar-refractivity contribution >= 4 is 5.91 Å². The molecule has 1 atom stereocenters. The largest absolute Gasteiger partial charge is 0.335 e. The third-order valence-electron chi connectivity index (χ3n) is 6.54. The number of amides is 1. The third kappa shape index (κ3) is 3.41. The number of nitrogens with zero attached hydrogens (tertiary/aromatic N) is 4. The number of likely N-dealkylation sites (tertiary alicyclic amines) is 1. The molecule has 3 heterocycles. The van der Waals surface area contributed by atoms with Gasteiger partial charge in [-0.25, -0.2) is 4.98 Å². The number of imidazole rings is 1. The molecule has 1 fully saturated rings. The number of hydrogen-bond donors (Lipinski definition) is 0. The van der Waals surface area contributed by atoms with Gasteiger partial charge in [-0.1, -0.05) is 24.3 Å². The van der Waals surface area contributed by atoms with Crippen LogP contribution in [0.15, 0.2) is 36.8 Å².